The summed E-state index contributed by atoms with van der Waals surface area (Å²) in [6.07, 6.45) is 1.75. The van der Waals surface area contributed by atoms with Crippen LogP contribution < -0.4 is 14.8 Å². The minimum absolute atomic E-state index is 0.227. The molecule has 9 heteroatoms. The number of aryl methyl sites for hydroxylation is 1. The van der Waals surface area contributed by atoms with Crippen molar-refractivity contribution >= 4 is 29.4 Å². The first-order chi connectivity index (χ1) is 13.3. The summed E-state index contributed by atoms with van der Waals surface area (Å²) in [6.45, 7) is 3.96. The van der Waals surface area contributed by atoms with Crippen molar-refractivity contribution in [3.8, 4) is 11.5 Å². The summed E-state index contributed by atoms with van der Waals surface area (Å²) in [5.41, 5.74) is 1.30. The average molecular weight is 402 g/mol. The minimum atomic E-state index is -0.653. The van der Waals surface area contributed by atoms with Gasteiger partial charge in [0.15, 0.2) is 17.3 Å². The molecule has 3 heterocycles. The van der Waals surface area contributed by atoms with Gasteiger partial charge >= 0.3 is 0 Å². The minimum Gasteiger partial charge on any atom is -0.493 e. The van der Waals surface area contributed by atoms with Crippen LogP contribution in [-0.4, -0.2) is 51.5 Å². The Bertz CT molecular complexity index is 971. The maximum Gasteiger partial charge on any atom is 0.260 e. The molecule has 1 N–H and O–H groups in total. The van der Waals surface area contributed by atoms with E-state index in [0.29, 0.717) is 22.9 Å². The number of fused-ring (bicyclic) bond motifs is 3. The molecule has 28 heavy (non-hydrogen) atoms. The van der Waals surface area contributed by atoms with Gasteiger partial charge in [-0.3, -0.25) is 14.3 Å². The molecule has 8 nitrogen and oxygen atoms in total. The van der Waals surface area contributed by atoms with Gasteiger partial charge in [0.1, 0.15) is 11.4 Å². The summed E-state index contributed by atoms with van der Waals surface area (Å²) in [4.78, 5) is 28.1. The molecule has 0 saturated carbocycles. The van der Waals surface area contributed by atoms with E-state index in [1.54, 1.807) is 46.7 Å². The lowest BCUT2D eigenvalue weighted by molar-refractivity contribution is -0.121. The summed E-state index contributed by atoms with van der Waals surface area (Å²) in [7, 11) is 4.82. The monoisotopic (exact) mass is 402 g/mol. The Morgan fingerprint density at radius 1 is 1.25 bits per heavy atom. The van der Waals surface area contributed by atoms with E-state index in [-0.39, 0.29) is 17.2 Å². The number of thioether (sulfide) groups is 1. The molecule has 2 aromatic rings. The zero-order valence-electron chi connectivity index (χ0n) is 16.3. The number of carbonyl (C=O) groups is 2. The molecule has 2 amide bonds. The van der Waals surface area contributed by atoms with Crippen LogP contribution in [0.2, 0.25) is 0 Å². The summed E-state index contributed by atoms with van der Waals surface area (Å²) in [6, 6.07) is 4.74. The molecule has 0 aliphatic carbocycles. The normalized spacial score (nSPS) is 22.0. The molecule has 0 spiro atoms. The van der Waals surface area contributed by atoms with Crippen LogP contribution >= 0.6 is 11.8 Å². The van der Waals surface area contributed by atoms with Crippen molar-refractivity contribution in [3.05, 3.63) is 35.5 Å². The van der Waals surface area contributed by atoms with Crippen LogP contribution in [0.25, 0.3) is 0 Å². The molecule has 0 bridgehead atoms. The molecule has 0 radical (unpaired) electrons. The van der Waals surface area contributed by atoms with Crippen LogP contribution in [0.1, 0.15) is 35.1 Å². The second-order valence-electron chi connectivity index (χ2n) is 7.32. The number of aromatic nitrogens is 2. The zero-order valence-corrected chi connectivity index (χ0v) is 17.2. The topological polar surface area (TPSA) is 85.7 Å². The lowest BCUT2D eigenvalue weighted by Crippen LogP contribution is -2.50. The highest BCUT2D eigenvalue weighted by Gasteiger charge is 2.58. The number of ether oxygens (including phenoxy) is 2. The van der Waals surface area contributed by atoms with Gasteiger partial charge in [-0.1, -0.05) is 6.07 Å². The maximum atomic E-state index is 13.4. The van der Waals surface area contributed by atoms with Crippen LogP contribution in [0, 0.1) is 0 Å². The summed E-state index contributed by atoms with van der Waals surface area (Å²) in [5, 5.41) is 6.79. The van der Waals surface area contributed by atoms with Crippen LogP contribution in [0.3, 0.4) is 0 Å². The highest BCUT2D eigenvalue weighted by Crippen LogP contribution is 2.58. The number of hydrogen-bond donors (Lipinski definition) is 1. The van der Waals surface area contributed by atoms with Gasteiger partial charge < -0.3 is 19.7 Å². The third-order valence-corrected chi connectivity index (χ3v) is 6.65. The molecule has 2 aliphatic rings. The van der Waals surface area contributed by atoms with Crippen LogP contribution in [0.4, 0.5) is 5.82 Å². The summed E-state index contributed by atoms with van der Waals surface area (Å²) in [5.74, 6) is 0.872. The Kier molecular flexibility index (Phi) is 4.29. The number of benzene rings is 1. The summed E-state index contributed by atoms with van der Waals surface area (Å²) < 4.78 is 11.9. The van der Waals surface area contributed by atoms with E-state index in [1.165, 1.54) is 14.2 Å². The second-order valence-corrected chi connectivity index (χ2v) is 9.05. The fraction of sp³-hybridized carbons (Fsp3) is 0.421. The highest BCUT2D eigenvalue weighted by atomic mass is 32.2. The second kappa shape index (κ2) is 6.44. The third kappa shape index (κ3) is 2.64. The fourth-order valence-electron chi connectivity index (χ4n) is 3.93. The molecule has 148 valence electrons. The molecule has 0 unspecified atom stereocenters. The molecule has 2 aliphatic heterocycles. The lowest BCUT2D eigenvalue weighted by atomic mass is 10.0. The van der Waals surface area contributed by atoms with Crippen molar-refractivity contribution in [2.24, 2.45) is 7.05 Å². The van der Waals surface area contributed by atoms with Crippen molar-refractivity contribution in [2.75, 3.05) is 19.5 Å². The Morgan fingerprint density at radius 2 is 2.00 bits per heavy atom. The molecule has 1 fully saturated rings. The SMILES string of the molecule is COc1ccc2c(c1OC)C(=O)N1[C@H]2SC(C)(C)[C@H]1C(=O)Nc1ccn(C)n1. The van der Waals surface area contributed by atoms with Crippen molar-refractivity contribution in [1.82, 2.24) is 14.7 Å². The van der Waals surface area contributed by atoms with Crippen molar-refractivity contribution in [1.29, 1.82) is 0 Å². The Balaban J connectivity index is 1.73. The summed E-state index contributed by atoms with van der Waals surface area (Å²) >= 11 is 1.59. The van der Waals surface area contributed by atoms with Crippen molar-refractivity contribution in [3.63, 3.8) is 0 Å². The largest absolute Gasteiger partial charge is 0.493 e. The number of methoxy groups -OCH3 is 2. The predicted octanol–water partition coefficient (Wildman–Crippen LogP) is 2.42. The number of nitrogens with one attached hydrogen (secondary N) is 1. The molecule has 1 saturated heterocycles. The van der Waals surface area contributed by atoms with Gasteiger partial charge in [0.2, 0.25) is 5.91 Å². The number of hydrogen-bond acceptors (Lipinski definition) is 6. The number of carbonyl (C=O) groups excluding carboxylic acids is 2. The van der Waals surface area contributed by atoms with Gasteiger partial charge in [0.05, 0.1) is 19.8 Å². The van der Waals surface area contributed by atoms with Gasteiger partial charge in [-0.2, -0.15) is 5.10 Å². The van der Waals surface area contributed by atoms with Gasteiger partial charge in [0.25, 0.3) is 5.91 Å². The number of rotatable bonds is 4. The van der Waals surface area contributed by atoms with Crippen LogP contribution in [0.5, 0.6) is 11.5 Å². The van der Waals surface area contributed by atoms with Gasteiger partial charge in [-0.25, -0.2) is 0 Å². The zero-order chi connectivity index (χ0) is 20.2. The van der Waals surface area contributed by atoms with Crippen molar-refractivity contribution in [2.45, 2.75) is 30.0 Å². The van der Waals surface area contributed by atoms with E-state index in [2.05, 4.69) is 10.4 Å². The smallest absolute Gasteiger partial charge is 0.260 e. The number of nitrogens with zero attached hydrogens (tertiary/aromatic N) is 3. The standard InChI is InChI=1S/C19H22N4O4S/c1-19(2)15(16(24)20-12-8-9-22(3)21-12)23-17(25)13-10(18(23)28-19)6-7-11(26-4)14(13)27-5/h6-9,15,18H,1-5H3,(H,20,21,24)/t15-,18+/m1/s1. The number of anilines is 1. The Morgan fingerprint density at radius 3 is 2.61 bits per heavy atom. The van der Waals surface area contributed by atoms with E-state index in [0.717, 1.165) is 5.56 Å². The highest BCUT2D eigenvalue weighted by molar-refractivity contribution is 8.01. The molecule has 1 aromatic heterocycles. The first-order valence-corrected chi connectivity index (χ1v) is 9.72. The quantitative estimate of drug-likeness (QED) is 0.845. The molecule has 2 atom stereocenters. The third-order valence-electron chi connectivity index (χ3n) is 5.11. The molecular formula is C19H22N4O4S. The van der Waals surface area contributed by atoms with E-state index >= 15 is 0 Å². The predicted molar refractivity (Wildman–Crippen MR) is 106 cm³/mol. The first kappa shape index (κ1) is 18.7. The lowest BCUT2D eigenvalue weighted by Gasteiger charge is -2.29. The maximum absolute atomic E-state index is 13.4. The Hall–Kier alpha value is -2.68. The number of amides is 2. The average Bonchev–Trinajstić information content (AvgIpc) is 3.26. The fourth-order valence-corrected chi connectivity index (χ4v) is 5.51. The Labute approximate surface area is 167 Å². The molecule has 1 aromatic carbocycles. The van der Waals surface area contributed by atoms with E-state index in [9.17, 15) is 9.59 Å². The van der Waals surface area contributed by atoms with E-state index in [4.69, 9.17) is 9.47 Å². The van der Waals surface area contributed by atoms with Gasteiger partial charge in [0, 0.05) is 29.6 Å². The van der Waals surface area contributed by atoms with Gasteiger partial charge in [-0.05, 0) is 19.9 Å². The molecular weight excluding hydrogens is 380 g/mol. The first-order valence-electron chi connectivity index (χ1n) is 8.84. The van der Waals surface area contributed by atoms with E-state index in [1.807, 2.05) is 19.9 Å². The molecule has 4 rings (SSSR count). The van der Waals surface area contributed by atoms with E-state index < -0.39 is 10.8 Å². The van der Waals surface area contributed by atoms with Crippen molar-refractivity contribution < 1.29 is 19.1 Å². The van der Waals surface area contributed by atoms with Crippen LogP contribution in [-0.2, 0) is 11.8 Å². The van der Waals surface area contributed by atoms with Gasteiger partial charge in [-0.15, -0.1) is 11.8 Å². The van der Waals surface area contributed by atoms with Crippen LogP contribution in [0.15, 0.2) is 24.4 Å².